The normalized spacial score (nSPS) is 20.4. The molecule has 0 N–H and O–H groups in total. The van der Waals surface area contributed by atoms with Gasteiger partial charge in [0.15, 0.2) is 5.17 Å². The van der Waals surface area contributed by atoms with Crippen molar-refractivity contribution < 1.29 is 18.7 Å². The number of ether oxygens (including phenoxy) is 1. The molecule has 31 heavy (non-hydrogen) atoms. The summed E-state index contributed by atoms with van der Waals surface area (Å²) in [6, 6.07) is 5.48. The average Bonchev–Trinajstić information content (AvgIpc) is 3.42. The van der Waals surface area contributed by atoms with Gasteiger partial charge in [0.05, 0.1) is 23.7 Å². The van der Waals surface area contributed by atoms with Gasteiger partial charge in [0.1, 0.15) is 12.4 Å². The van der Waals surface area contributed by atoms with E-state index in [1.165, 1.54) is 30.0 Å². The number of fused-ring (bicyclic) bond motifs is 1. The van der Waals surface area contributed by atoms with Crippen molar-refractivity contribution in [1.82, 2.24) is 9.80 Å². The summed E-state index contributed by atoms with van der Waals surface area (Å²) in [6.45, 7) is 6.99. The van der Waals surface area contributed by atoms with Gasteiger partial charge in [-0.25, -0.2) is 14.2 Å². The second-order valence-electron chi connectivity index (χ2n) is 7.60. The topological polar surface area (TPSA) is 62.2 Å². The summed E-state index contributed by atoms with van der Waals surface area (Å²) >= 11 is 1.42. The first-order chi connectivity index (χ1) is 15.0. The van der Waals surface area contributed by atoms with E-state index in [4.69, 9.17) is 4.74 Å². The SMILES string of the molecule is C=CCOC(=O)C1=C(C)N=C2SC=C(CC(=O)N3CCCC3)N2C1c1ccc(F)cc1. The van der Waals surface area contributed by atoms with Crippen molar-refractivity contribution in [2.24, 2.45) is 4.99 Å². The summed E-state index contributed by atoms with van der Waals surface area (Å²) in [7, 11) is 0. The largest absolute Gasteiger partial charge is 0.458 e. The van der Waals surface area contributed by atoms with E-state index in [1.807, 2.05) is 15.2 Å². The van der Waals surface area contributed by atoms with E-state index < -0.39 is 12.0 Å². The maximum Gasteiger partial charge on any atom is 0.338 e. The van der Waals surface area contributed by atoms with Crippen LogP contribution >= 0.6 is 11.8 Å². The molecule has 8 heteroatoms. The molecular formula is C23H24FN3O3S. The number of allylic oxidation sites excluding steroid dienone is 1. The number of halogens is 1. The highest BCUT2D eigenvalue weighted by Gasteiger charge is 2.41. The van der Waals surface area contributed by atoms with Crippen molar-refractivity contribution in [2.75, 3.05) is 19.7 Å². The molecule has 1 aromatic carbocycles. The fourth-order valence-electron chi connectivity index (χ4n) is 4.04. The summed E-state index contributed by atoms with van der Waals surface area (Å²) in [4.78, 5) is 34.2. The van der Waals surface area contributed by atoms with Crippen LogP contribution < -0.4 is 0 Å². The van der Waals surface area contributed by atoms with Crippen LogP contribution in [0.4, 0.5) is 4.39 Å². The molecule has 3 aliphatic rings. The van der Waals surface area contributed by atoms with Crippen molar-refractivity contribution in [3.8, 4) is 0 Å². The monoisotopic (exact) mass is 441 g/mol. The minimum atomic E-state index is -0.557. The van der Waals surface area contributed by atoms with Crippen LogP contribution in [0.2, 0.25) is 0 Å². The molecule has 0 aliphatic carbocycles. The Morgan fingerprint density at radius 3 is 2.68 bits per heavy atom. The van der Waals surface area contributed by atoms with Crippen LogP contribution in [-0.4, -0.2) is 46.5 Å². The van der Waals surface area contributed by atoms with E-state index in [0.717, 1.165) is 37.2 Å². The predicted molar refractivity (Wildman–Crippen MR) is 118 cm³/mol. The summed E-state index contributed by atoms with van der Waals surface area (Å²) < 4.78 is 19.0. The number of thioether (sulfide) groups is 1. The minimum Gasteiger partial charge on any atom is -0.458 e. The first kappa shape index (κ1) is 21.4. The van der Waals surface area contributed by atoms with E-state index in [9.17, 15) is 14.0 Å². The number of benzene rings is 1. The molecule has 0 aromatic heterocycles. The molecule has 1 amide bonds. The predicted octanol–water partition coefficient (Wildman–Crippen LogP) is 4.14. The number of amidine groups is 1. The van der Waals surface area contributed by atoms with Gasteiger partial charge in [-0.2, -0.15) is 0 Å². The lowest BCUT2D eigenvalue weighted by molar-refractivity contribution is -0.138. The number of amides is 1. The second kappa shape index (κ2) is 9.09. The van der Waals surface area contributed by atoms with Gasteiger partial charge >= 0.3 is 5.97 Å². The van der Waals surface area contributed by atoms with Gasteiger partial charge in [0.2, 0.25) is 5.91 Å². The van der Waals surface area contributed by atoms with Gasteiger partial charge in [0.25, 0.3) is 0 Å². The molecule has 6 nitrogen and oxygen atoms in total. The van der Waals surface area contributed by atoms with Crippen LogP contribution in [0, 0.1) is 5.82 Å². The zero-order valence-corrected chi connectivity index (χ0v) is 18.2. The number of rotatable bonds is 6. The van der Waals surface area contributed by atoms with Crippen molar-refractivity contribution in [1.29, 1.82) is 0 Å². The average molecular weight is 442 g/mol. The van der Waals surface area contributed by atoms with E-state index in [1.54, 1.807) is 19.1 Å². The molecule has 3 aliphatic heterocycles. The highest BCUT2D eigenvalue weighted by molar-refractivity contribution is 8.16. The first-order valence-corrected chi connectivity index (χ1v) is 11.1. The Balaban J connectivity index is 1.70. The van der Waals surface area contributed by atoms with Gasteiger partial charge < -0.3 is 14.5 Å². The van der Waals surface area contributed by atoms with E-state index >= 15 is 0 Å². The molecule has 1 aromatic rings. The van der Waals surface area contributed by atoms with Crippen LogP contribution in [0.1, 0.15) is 37.8 Å². The third-order valence-electron chi connectivity index (χ3n) is 5.53. The third kappa shape index (κ3) is 4.30. The third-order valence-corrected chi connectivity index (χ3v) is 6.42. The summed E-state index contributed by atoms with van der Waals surface area (Å²) in [6.07, 6.45) is 3.77. The van der Waals surface area contributed by atoms with Gasteiger partial charge in [-0.05, 0) is 42.9 Å². The molecular weight excluding hydrogens is 417 g/mol. The number of esters is 1. The Labute approximate surface area is 185 Å². The van der Waals surface area contributed by atoms with E-state index in [-0.39, 0.29) is 24.8 Å². The number of nitrogens with zero attached hydrogens (tertiary/aromatic N) is 3. The number of hydrogen-bond donors (Lipinski definition) is 0. The Kier molecular flexibility index (Phi) is 6.27. The molecule has 0 saturated carbocycles. The van der Waals surface area contributed by atoms with Crippen LogP contribution in [0.3, 0.4) is 0 Å². The van der Waals surface area contributed by atoms with Gasteiger partial charge in [-0.1, -0.05) is 36.5 Å². The van der Waals surface area contributed by atoms with Crippen molar-refractivity contribution in [3.05, 3.63) is 70.7 Å². The molecule has 1 saturated heterocycles. The molecule has 0 spiro atoms. The Hall–Kier alpha value is -2.87. The zero-order valence-electron chi connectivity index (χ0n) is 17.3. The van der Waals surface area contributed by atoms with Gasteiger partial charge in [-0.15, -0.1) is 0 Å². The molecule has 0 bridgehead atoms. The van der Waals surface area contributed by atoms with Crippen molar-refractivity contribution >= 4 is 28.8 Å². The highest BCUT2D eigenvalue weighted by Crippen LogP contribution is 2.45. The summed E-state index contributed by atoms with van der Waals surface area (Å²) in [5.74, 6) is -0.803. The summed E-state index contributed by atoms with van der Waals surface area (Å²) in [5, 5.41) is 2.60. The number of likely N-dealkylation sites (tertiary alicyclic amines) is 1. The quantitative estimate of drug-likeness (QED) is 0.490. The maximum atomic E-state index is 13.6. The fraction of sp³-hybridized carbons (Fsp3) is 0.348. The van der Waals surface area contributed by atoms with Gasteiger partial charge in [-0.3, -0.25) is 4.79 Å². The number of aliphatic imine (C=N–C) groups is 1. The van der Waals surface area contributed by atoms with Gasteiger partial charge in [0, 0.05) is 18.8 Å². The van der Waals surface area contributed by atoms with Crippen LogP contribution in [0.25, 0.3) is 0 Å². The first-order valence-electron chi connectivity index (χ1n) is 10.2. The lowest BCUT2D eigenvalue weighted by Gasteiger charge is -2.36. The smallest absolute Gasteiger partial charge is 0.338 e. The number of carbonyl (C=O) groups is 2. The molecule has 1 unspecified atom stereocenters. The van der Waals surface area contributed by atoms with E-state index in [2.05, 4.69) is 11.6 Å². The Morgan fingerprint density at radius 2 is 2.00 bits per heavy atom. The standard InChI is InChI=1S/C23H24FN3O3S/c1-3-12-30-22(29)20-15(2)25-23-27(21(20)16-6-8-17(24)9-7-16)18(14-31-23)13-19(28)26-10-4-5-11-26/h3,6-9,14,21H,1,4-5,10-13H2,2H3. The molecule has 3 heterocycles. The molecule has 4 rings (SSSR count). The van der Waals surface area contributed by atoms with Crippen molar-refractivity contribution in [2.45, 2.75) is 32.2 Å². The van der Waals surface area contributed by atoms with Crippen LogP contribution in [0.5, 0.6) is 0 Å². The molecule has 0 radical (unpaired) electrons. The summed E-state index contributed by atoms with van der Waals surface area (Å²) in [5.41, 5.74) is 2.42. The Bertz CT molecular complexity index is 994. The van der Waals surface area contributed by atoms with Crippen LogP contribution in [0.15, 0.2) is 64.3 Å². The van der Waals surface area contributed by atoms with Crippen LogP contribution in [-0.2, 0) is 14.3 Å². The molecule has 1 atom stereocenters. The second-order valence-corrected chi connectivity index (χ2v) is 8.43. The molecule has 162 valence electrons. The fourth-order valence-corrected chi connectivity index (χ4v) is 5.00. The number of carbonyl (C=O) groups excluding carboxylic acids is 2. The lowest BCUT2D eigenvalue weighted by Crippen LogP contribution is -2.38. The number of hydrogen-bond acceptors (Lipinski definition) is 6. The Morgan fingerprint density at radius 1 is 1.29 bits per heavy atom. The van der Waals surface area contributed by atoms with E-state index in [0.29, 0.717) is 16.4 Å². The highest BCUT2D eigenvalue weighted by atomic mass is 32.2. The zero-order chi connectivity index (χ0) is 22.0. The lowest BCUT2D eigenvalue weighted by atomic mass is 9.94. The molecule has 1 fully saturated rings. The minimum absolute atomic E-state index is 0.0607. The van der Waals surface area contributed by atoms with Crippen molar-refractivity contribution in [3.63, 3.8) is 0 Å². The maximum absolute atomic E-state index is 13.6.